The zero-order chi connectivity index (χ0) is 13.1. The predicted octanol–water partition coefficient (Wildman–Crippen LogP) is 4.60. The number of benzene rings is 2. The van der Waals surface area contributed by atoms with Crippen LogP contribution in [0.4, 0.5) is 0 Å². The maximum absolute atomic E-state index is 6.32. The van der Waals surface area contributed by atoms with Crippen molar-refractivity contribution in [2.75, 3.05) is 0 Å². The van der Waals surface area contributed by atoms with Crippen LogP contribution in [0.3, 0.4) is 0 Å². The monoisotopic (exact) mass is 279 g/mol. The molecule has 1 nitrogen and oxygen atoms in total. The highest BCUT2D eigenvalue weighted by Gasteiger charge is 2.15. The fourth-order valence-electron chi connectivity index (χ4n) is 2.08. The summed E-state index contributed by atoms with van der Waals surface area (Å²) in [5, 5.41) is 1.24. The van der Waals surface area contributed by atoms with Crippen LogP contribution in [0.2, 0.25) is 10.0 Å². The molecule has 0 bridgehead atoms. The summed E-state index contributed by atoms with van der Waals surface area (Å²) in [5.74, 6) is 0. The molecule has 0 amide bonds. The topological polar surface area (TPSA) is 26.0 Å². The number of aryl methyl sites for hydroxylation is 1. The van der Waals surface area contributed by atoms with Gasteiger partial charge >= 0.3 is 0 Å². The van der Waals surface area contributed by atoms with E-state index in [9.17, 15) is 0 Å². The largest absolute Gasteiger partial charge is 0.320 e. The van der Waals surface area contributed by atoms with E-state index >= 15 is 0 Å². The molecule has 2 aromatic rings. The first-order chi connectivity index (χ1) is 8.63. The summed E-state index contributed by atoms with van der Waals surface area (Å²) >= 11 is 12.1. The Balaban J connectivity index is 2.44. The van der Waals surface area contributed by atoms with E-state index in [-0.39, 0.29) is 6.04 Å². The Kier molecular flexibility index (Phi) is 4.28. The minimum atomic E-state index is -0.217. The number of rotatable bonds is 3. The average molecular weight is 280 g/mol. The van der Waals surface area contributed by atoms with E-state index < -0.39 is 0 Å². The second-order valence-electron chi connectivity index (χ2n) is 4.20. The first kappa shape index (κ1) is 13.4. The fraction of sp³-hybridized carbons (Fsp3) is 0.200. The van der Waals surface area contributed by atoms with Gasteiger partial charge in [0.1, 0.15) is 0 Å². The van der Waals surface area contributed by atoms with E-state index in [0.29, 0.717) is 10.0 Å². The van der Waals surface area contributed by atoms with Crippen LogP contribution in [0.1, 0.15) is 29.7 Å². The lowest BCUT2D eigenvalue weighted by molar-refractivity contribution is 0.850. The lowest BCUT2D eigenvalue weighted by Crippen LogP contribution is -2.14. The lowest BCUT2D eigenvalue weighted by atomic mass is 9.94. The summed E-state index contributed by atoms with van der Waals surface area (Å²) in [4.78, 5) is 0. The van der Waals surface area contributed by atoms with Crippen molar-refractivity contribution < 1.29 is 0 Å². The standard InChI is InChI=1S/C15H15Cl2N/c1-2-10-5-3-4-6-12(10)15(18)13-8-7-11(16)9-14(13)17/h3-9,15H,2,18H2,1H3. The maximum atomic E-state index is 6.32. The summed E-state index contributed by atoms with van der Waals surface area (Å²) in [7, 11) is 0. The maximum Gasteiger partial charge on any atom is 0.0569 e. The second kappa shape index (κ2) is 5.75. The number of halogens is 2. The first-order valence-electron chi connectivity index (χ1n) is 5.91. The lowest BCUT2D eigenvalue weighted by Gasteiger charge is -2.17. The van der Waals surface area contributed by atoms with Crippen LogP contribution >= 0.6 is 23.2 Å². The van der Waals surface area contributed by atoms with Crippen molar-refractivity contribution in [2.45, 2.75) is 19.4 Å². The highest BCUT2D eigenvalue weighted by atomic mass is 35.5. The van der Waals surface area contributed by atoms with Crippen molar-refractivity contribution in [3.8, 4) is 0 Å². The van der Waals surface area contributed by atoms with Gasteiger partial charge in [-0.1, -0.05) is 60.5 Å². The molecule has 1 atom stereocenters. The molecule has 2 aromatic carbocycles. The van der Waals surface area contributed by atoms with Gasteiger partial charge in [-0.3, -0.25) is 0 Å². The van der Waals surface area contributed by atoms with Gasteiger partial charge in [0.2, 0.25) is 0 Å². The predicted molar refractivity (Wildman–Crippen MR) is 78.3 cm³/mol. The SMILES string of the molecule is CCc1ccccc1C(N)c1ccc(Cl)cc1Cl. The normalized spacial score (nSPS) is 12.4. The van der Waals surface area contributed by atoms with E-state index in [1.807, 2.05) is 24.3 Å². The Morgan fingerprint density at radius 1 is 1.06 bits per heavy atom. The van der Waals surface area contributed by atoms with Gasteiger partial charge < -0.3 is 5.73 Å². The molecule has 2 rings (SSSR count). The van der Waals surface area contributed by atoms with E-state index in [4.69, 9.17) is 28.9 Å². The van der Waals surface area contributed by atoms with Gasteiger partial charge in [-0.2, -0.15) is 0 Å². The average Bonchev–Trinajstić information content (AvgIpc) is 2.38. The Hall–Kier alpha value is -1.02. The fourth-order valence-corrected chi connectivity index (χ4v) is 2.61. The van der Waals surface area contributed by atoms with Crippen molar-refractivity contribution in [2.24, 2.45) is 5.73 Å². The number of nitrogens with two attached hydrogens (primary N) is 1. The van der Waals surface area contributed by atoms with Crippen molar-refractivity contribution in [3.63, 3.8) is 0 Å². The quantitative estimate of drug-likeness (QED) is 0.873. The second-order valence-corrected chi connectivity index (χ2v) is 5.04. The minimum absolute atomic E-state index is 0.217. The van der Waals surface area contributed by atoms with Crippen LogP contribution in [-0.4, -0.2) is 0 Å². The number of hydrogen-bond donors (Lipinski definition) is 1. The van der Waals surface area contributed by atoms with Crippen LogP contribution in [0.25, 0.3) is 0 Å². The van der Waals surface area contributed by atoms with E-state index in [2.05, 4.69) is 19.1 Å². The van der Waals surface area contributed by atoms with Crippen LogP contribution in [0.15, 0.2) is 42.5 Å². The van der Waals surface area contributed by atoms with Crippen molar-refractivity contribution in [3.05, 3.63) is 69.2 Å². The van der Waals surface area contributed by atoms with Gasteiger partial charge in [-0.15, -0.1) is 0 Å². The van der Waals surface area contributed by atoms with Crippen LogP contribution < -0.4 is 5.73 Å². The van der Waals surface area contributed by atoms with Crippen molar-refractivity contribution >= 4 is 23.2 Å². The van der Waals surface area contributed by atoms with E-state index in [0.717, 1.165) is 17.5 Å². The molecule has 0 aliphatic rings. The molecule has 0 radical (unpaired) electrons. The van der Waals surface area contributed by atoms with E-state index in [1.54, 1.807) is 6.07 Å². The summed E-state index contributed by atoms with van der Waals surface area (Å²) < 4.78 is 0. The molecule has 0 aromatic heterocycles. The zero-order valence-electron chi connectivity index (χ0n) is 10.2. The van der Waals surface area contributed by atoms with Gasteiger partial charge in [0, 0.05) is 10.0 Å². The highest BCUT2D eigenvalue weighted by molar-refractivity contribution is 6.35. The third-order valence-electron chi connectivity index (χ3n) is 3.07. The molecule has 1 unspecified atom stereocenters. The highest BCUT2D eigenvalue weighted by Crippen LogP contribution is 2.30. The van der Waals surface area contributed by atoms with Gasteiger partial charge in [-0.25, -0.2) is 0 Å². The molecule has 18 heavy (non-hydrogen) atoms. The molecule has 0 spiro atoms. The first-order valence-corrected chi connectivity index (χ1v) is 6.67. The molecule has 0 aliphatic carbocycles. The Morgan fingerprint density at radius 2 is 1.78 bits per heavy atom. The van der Waals surface area contributed by atoms with Crippen LogP contribution in [0.5, 0.6) is 0 Å². The molecule has 0 saturated heterocycles. The van der Waals surface area contributed by atoms with E-state index in [1.165, 1.54) is 5.56 Å². The van der Waals surface area contributed by atoms with Crippen LogP contribution in [-0.2, 0) is 6.42 Å². The summed E-state index contributed by atoms with van der Waals surface area (Å²) in [5.41, 5.74) is 9.58. The molecule has 0 aliphatic heterocycles. The third-order valence-corrected chi connectivity index (χ3v) is 3.63. The van der Waals surface area contributed by atoms with Crippen molar-refractivity contribution in [1.29, 1.82) is 0 Å². The smallest absolute Gasteiger partial charge is 0.0569 e. The molecule has 3 heteroatoms. The Labute approximate surface area is 118 Å². The van der Waals surface area contributed by atoms with Gasteiger partial charge in [0.25, 0.3) is 0 Å². The molecule has 0 fully saturated rings. The summed E-state index contributed by atoms with van der Waals surface area (Å²) in [6.07, 6.45) is 0.953. The van der Waals surface area contributed by atoms with Gasteiger partial charge in [0.15, 0.2) is 0 Å². The molecule has 94 valence electrons. The summed E-state index contributed by atoms with van der Waals surface area (Å²) in [6.45, 7) is 2.12. The summed E-state index contributed by atoms with van der Waals surface area (Å²) in [6, 6.07) is 13.4. The molecular weight excluding hydrogens is 265 g/mol. The molecular formula is C15H15Cl2N. The third kappa shape index (κ3) is 2.69. The zero-order valence-corrected chi connectivity index (χ0v) is 11.7. The van der Waals surface area contributed by atoms with Gasteiger partial charge in [0.05, 0.1) is 6.04 Å². The van der Waals surface area contributed by atoms with Gasteiger partial charge in [-0.05, 0) is 35.2 Å². The van der Waals surface area contributed by atoms with Crippen molar-refractivity contribution in [1.82, 2.24) is 0 Å². The minimum Gasteiger partial charge on any atom is -0.320 e. The molecule has 0 heterocycles. The number of hydrogen-bond acceptors (Lipinski definition) is 1. The molecule has 0 saturated carbocycles. The van der Waals surface area contributed by atoms with Crippen LogP contribution in [0, 0.1) is 0 Å². The Morgan fingerprint density at radius 3 is 2.44 bits per heavy atom. The Bertz CT molecular complexity index is 552. The molecule has 2 N–H and O–H groups in total.